The fourth-order valence-electron chi connectivity index (χ4n) is 7.23. The first-order valence-corrected chi connectivity index (χ1v) is 14.1. The maximum absolute atomic E-state index is 14.3. The summed E-state index contributed by atoms with van der Waals surface area (Å²) in [5, 5.41) is 21.2. The lowest BCUT2D eigenvalue weighted by atomic mass is 9.78. The summed E-state index contributed by atoms with van der Waals surface area (Å²) in [5.74, 6) is -1.89. The molecule has 0 unspecified atom stereocenters. The fraction of sp³-hybridized carbons (Fsp3) is 0.800. The Morgan fingerprint density at radius 3 is 2.41 bits per heavy atom. The van der Waals surface area contributed by atoms with Gasteiger partial charge < -0.3 is 24.7 Å². The van der Waals surface area contributed by atoms with Crippen molar-refractivity contribution >= 4 is 56.7 Å². The minimum atomic E-state index is -1.30. The van der Waals surface area contributed by atoms with E-state index in [1.165, 1.54) is 31.4 Å². The molecule has 5 aliphatic heterocycles. The molecule has 2 N–H and O–H groups in total. The number of piperazine rings is 1. The summed E-state index contributed by atoms with van der Waals surface area (Å²) in [7, 11) is 2.58. The normalized spacial score (nSPS) is 54.9. The predicted molar refractivity (Wildman–Crippen MR) is 115 cm³/mol. The summed E-state index contributed by atoms with van der Waals surface area (Å²) in [6, 6.07) is -1.54. The Kier molecular flexibility index (Phi) is 4.02. The zero-order valence-electron chi connectivity index (χ0n) is 17.1. The van der Waals surface area contributed by atoms with E-state index in [1.807, 2.05) is 0 Å². The molecular formula is C20H22N2O7S3. The fourth-order valence-corrected chi connectivity index (χ4v) is 12.7. The first-order chi connectivity index (χ1) is 15.3. The highest BCUT2D eigenvalue weighted by Gasteiger charge is 2.81. The van der Waals surface area contributed by atoms with Crippen molar-refractivity contribution in [2.24, 2.45) is 11.8 Å². The van der Waals surface area contributed by atoms with Crippen LogP contribution >= 0.6 is 33.3 Å². The van der Waals surface area contributed by atoms with E-state index in [2.05, 4.69) is 0 Å². The summed E-state index contributed by atoms with van der Waals surface area (Å²) >= 11 is 1.13. The van der Waals surface area contributed by atoms with Crippen LogP contribution in [-0.2, 0) is 23.9 Å². The lowest BCUT2D eigenvalue weighted by Gasteiger charge is -2.53. The Bertz CT molecular complexity index is 994. The molecule has 9 nitrogen and oxygen atoms in total. The van der Waals surface area contributed by atoms with Gasteiger partial charge in [0.05, 0.1) is 28.7 Å². The number of aliphatic hydroxyl groups excluding tert-OH is 2. The third kappa shape index (κ3) is 2.02. The van der Waals surface area contributed by atoms with Gasteiger partial charge in [-0.2, -0.15) is 0 Å². The largest absolute Gasteiger partial charge is 0.390 e. The van der Waals surface area contributed by atoms with Gasteiger partial charge in [-0.3, -0.25) is 19.2 Å². The third-order valence-electron chi connectivity index (χ3n) is 8.47. The minimum absolute atomic E-state index is 0.00699. The predicted octanol–water partition coefficient (Wildman–Crippen LogP) is -0.612. The number of hydrogen-bond donors (Lipinski definition) is 2. The second-order valence-corrected chi connectivity index (χ2v) is 13.9. The first kappa shape index (κ1) is 20.6. The molecule has 32 heavy (non-hydrogen) atoms. The van der Waals surface area contributed by atoms with E-state index < -0.39 is 57.2 Å². The van der Waals surface area contributed by atoms with Crippen LogP contribution in [0.5, 0.6) is 0 Å². The van der Waals surface area contributed by atoms with Crippen LogP contribution in [0.4, 0.5) is 0 Å². The number of thioether (sulfide) groups is 1. The molecule has 0 aromatic rings. The molecule has 1 spiro atoms. The van der Waals surface area contributed by atoms with Crippen LogP contribution in [0.3, 0.4) is 0 Å². The molecule has 6 bridgehead atoms. The van der Waals surface area contributed by atoms with Crippen LogP contribution in [0.15, 0.2) is 0 Å². The molecule has 12 heteroatoms. The van der Waals surface area contributed by atoms with Gasteiger partial charge in [-0.15, -0.1) is 11.8 Å². The van der Waals surface area contributed by atoms with Gasteiger partial charge in [-0.25, -0.2) is 0 Å². The second-order valence-electron chi connectivity index (χ2n) is 9.75. The van der Waals surface area contributed by atoms with Crippen LogP contribution in [0.1, 0.15) is 26.2 Å². The number of carbonyl (C=O) groups is 4. The zero-order valence-corrected chi connectivity index (χ0v) is 19.5. The number of nitrogens with zero attached hydrogens (tertiary/aromatic N) is 2. The molecule has 0 aromatic carbocycles. The number of Topliss-reactive ketones (excluding diaryl/α,β-unsaturated/α-hetero) is 2. The Morgan fingerprint density at radius 2 is 1.66 bits per heavy atom. The Morgan fingerprint density at radius 1 is 1.00 bits per heavy atom. The Labute approximate surface area is 195 Å². The van der Waals surface area contributed by atoms with Crippen molar-refractivity contribution in [2.75, 3.05) is 6.61 Å². The number of fused-ring (bicyclic) bond motifs is 3. The van der Waals surface area contributed by atoms with Crippen LogP contribution in [-0.4, -0.2) is 101 Å². The molecule has 11 atom stereocenters. The van der Waals surface area contributed by atoms with Crippen LogP contribution in [0.25, 0.3) is 0 Å². The average molecular weight is 499 g/mol. The number of ketones is 2. The maximum Gasteiger partial charge on any atom is 0.261 e. The lowest BCUT2D eigenvalue weighted by molar-refractivity contribution is -0.172. The highest BCUT2D eigenvalue weighted by molar-refractivity contribution is 8.77. The number of rotatable bonds is 2. The van der Waals surface area contributed by atoms with Crippen LogP contribution in [0, 0.1) is 11.8 Å². The van der Waals surface area contributed by atoms with E-state index in [4.69, 9.17) is 4.74 Å². The van der Waals surface area contributed by atoms with Crippen molar-refractivity contribution in [1.82, 2.24) is 9.80 Å². The van der Waals surface area contributed by atoms with E-state index in [1.54, 1.807) is 6.92 Å². The number of aliphatic hydroxyl groups is 2. The summed E-state index contributed by atoms with van der Waals surface area (Å²) < 4.78 is 5.74. The molecule has 7 fully saturated rings. The molecule has 5 heterocycles. The van der Waals surface area contributed by atoms with Crippen molar-refractivity contribution in [3.05, 3.63) is 0 Å². The summed E-state index contributed by atoms with van der Waals surface area (Å²) in [6.45, 7) is 2.09. The number of carbonyl (C=O) groups excluding carboxylic acids is 4. The third-order valence-corrected chi connectivity index (χ3v) is 13.6. The molecule has 7 rings (SSSR count). The highest BCUT2D eigenvalue weighted by atomic mass is 33.1. The molecule has 0 radical (unpaired) electrons. The zero-order chi connectivity index (χ0) is 22.3. The number of ether oxygens (including phenoxy) is 1. The van der Waals surface area contributed by atoms with Gasteiger partial charge in [0.15, 0.2) is 15.5 Å². The molecule has 2 aliphatic carbocycles. The van der Waals surface area contributed by atoms with Crippen molar-refractivity contribution < 1.29 is 34.1 Å². The molecule has 172 valence electrons. The minimum Gasteiger partial charge on any atom is -0.390 e. The Balaban J connectivity index is 1.41. The molecule has 2 amide bonds. The SMILES string of the molecule is CCO[C@@H]1[C@H](O)[C@@H]2[C@H]3C[C@@]4(S[C@@H]1C3=O)C(=O)N1[C@@H]3[C@@H](O)[C@H]5CC(=O)[C@@H]3C[C@@]1(SS5)C(=O)N24. The smallest absolute Gasteiger partial charge is 0.261 e. The van der Waals surface area contributed by atoms with Gasteiger partial charge in [0, 0.05) is 37.7 Å². The van der Waals surface area contributed by atoms with Gasteiger partial charge in [0.1, 0.15) is 18.0 Å². The van der Waals surface area contributed by atoms with E-state index in [0.717, 1.165) is 11.8 Å². The van der Waals surface area contributed by atoms with E-state index in [-0.39, 0.29) is 47.9 Å². The first-order valence-electron chi connectivity index (χ1n) is 11.0. The topological polar surface area (TPSA) is 124 Å². The standard InChI is InChI=1S/C20H22N2O7S3/c1-2-29-15-14(26)11-7-5-19(30-16(15)12(7)24)17(27)22-10-6-4-20(22,18(28)21(11)19)32-31-9(13(10)25)3-8(6)23/h6-7,9-11,13-16,25-26H,2-5H2,1H3/t6-,7+,9+,10-,11-,13-,14+,15+,16+,19+,20+/m0/s1. The number of amides is 2. The average Bonchev–Trinajstić information content (AvgIpc) is 3.21. The molecule has 5 saturated heterocycles. The van der Waals surface area contributed by atoms with E-state index >= 15 is 0 Å². The van der Waals surface area contributed by atoms with E-state index in [0.29, 0.717) is 6.61 Å². The molecule has 2 saturated carbocycles. The molecular weight excluding hydrogens is 476 g/mol. The lowest BCUT2D eigenvalue weighted by Crippen LogP contribution is -2.74. The number of hydrogen-bond acceptors (Lipinski definition) is 10. The summed E-state index contributed by atoms with van der Waals surface area (Å²) in [5.41, 5.74) is 0. The van der Waals surface area contributed by atoms with Gasteiger partial charge in [0.25, 0.3) is 11.8 Å². The van der Waals surface area contributed by atoms with Gasteiger partial charge in [-0.05, 0) is 6.92 Å². The van der Waals surface area contributed by atoms with Crippen molar-refractivity contribution in [1.29, 1.82) is 0 Å². The maximum atomic E-state index is 14.3. The van der Waals surface area contributed by atoms with Crippen molar-refractivity contribution in [2.45, 2.75) is 76.8 Å². The Hall–Kier alpha value is -0.790. The molecule has 0 aromatic heterocycles. The quantitative estimate of drug-likeness (QED) is 0.477. The van der Waals surface area contributed by atoms with Crippen LogP contribution < -0.4 is 0 Å². The van der Waals surface area contributed by atoms with Gasteiger partial charge in [-0.1, -0.05) is 21.6 Å². The monoisotopic (exact) mass is 498 g/mol. The van der Waals surface area contributed by atoms with Crippen molar-refractivity contribution in [3.8, 4) is 0 Å². The summed E-state index contributed by atoms with van der Waals surface area (Å²) in [4.78, 5) is 55.0. The van der Waals surface area contributed by atoms with E-state index in [9.17, 15) is 29.4 Å². The van der Waals surface area contributed by atoms with Crippen molar-refractivity contribution in [3.63, 3.8) is 0 Å². The summed E-state index contributed by atoms with van der Waals surface area (Å²) in [6.07, 6.45) is -2.16. The van der Waals surface area contributed by atoms with Crippen LogP contribution in [0.2, 0.25) is 0 Å². The van der Waals surface area contributed by atoms with Gasteiger partial charge in [0.2, 0.25) is 0 Å². The second kappa shape index (κ2) is 6.25. The molecule has 7 aliphatic rings. The highest BCUT2D eigenvalue weighted by Crippen LogP contribution is 2.68. The van der Waals surface area contributed by atoms with Gasteiger partial charge >= 0.3 is 0 Å².